The van der Waals surface area contributed by atoms with Gasteiger partial charge in [0.15, 0.2) is 6.10 Å². The maximum Gasteiger partial charge on any atom is 0.573 e. The van der Waals surface area contributed by atoms with E-state index in [2.05, 4.69) is 30.7 Å². The Morgan fingerprint density at radius 2 is 1.08 bits per heavy atom. The molecule has 0 heterocycles. The standard InChI is InChI=1S/C33H46F6N4O9.ClH/c34-32(35,36)51-27-5-1-25(2-6-27)21-29(49-19-13-40-9-16-48-18-12-43-24-44)23-42-11-17-47-15-10-41-14-20-50-30(31(45)46)22-26-3-7-28(8-4-26)52-33(37,38)39;/h1-8,24,29-30,40-42H,9-23H2,(H,43,44)(H,45,46);1H. The minimum Gasteiger partial charge on any atom is -0.479 e. The molecule has 5 N–H and O–H groups in total. The highest BCUT2D eigenvalue weighted by molar-refractivity contribution is 5.85. The molecular weight excluding hydrogens is 746 g/mol. The SMILES string of the molecule is Cl.O=CNCCOCCNCCOC(CNCCOCCNCCOC(Cc1ccc(OC(F)(F)F)cc1)C(=O)O)Cc1ccc(OC(F)(F)F)cc1. The van der Waals surface area contributed by atoms with Gasteiger partial charge >= 0.3 is 18.7 Å². The molecule has 2 aromatic carbocycles. The third kappa shape index (κ3) is 25.3. The number of carbonyl (C=O) groups excluding carboxylic acids is 1. The molecule has 0 aliphatic heterocycles. The van der Waals surface area contributed by atoms with Crippen molar-refractivity contribution in [2.24, 2.45) is 0 Å². The Morgan fingerprint density at radius 3 is 1.55 bits per heavy atom. The number of carbonyl (C=O) groups is 2. The van der Waals surface area contributed by atoms with E-state index < -0.39 is 30.5 Å². The Labute approximate surface area is 309 Å². The summed E-state index contributed by atoms with van der Waals surface area (Å²) in [5, 5.41) is 21.5. The van der Waals surface area contributed by atoms with Crippen LogP contribution in [0.1, 0.15) is 11.1 Å². The van der Waals surface area contributed by atoms with Gasteiger partial charge in [0.25, 0.3) is 0 Å². The minimum absolute atomic E-state index is 0. The second-order valence-corrected chi connectivity index (χ2v) is 11.0. The van der Waals surface area contributed by atoms with Crippen LogP contribution in [0.15, 0.2) is 48.5 Å². The number of nitrogens with one attached hydrogen (secondary N) is 4. The number of halogens is 7. The van der Waals surface area contributed by atoms with E-state index in [1.54, 1.807) is 12.1 Å². The zero-order valence-electron chi connectivity index (χ0n) is 28.8. The van der Waals surface area contributed by atoms with E-state index in [1.165, 1.54) is 24.3 Å². The lowest BCUT2D eigenvalue weighted by molar-refractivity contribution is -0.275. The molecule has 1 amide bonds. The monoisotopic (exact) mass is 792 g/mol. The van der Waals surface area contributed by atoms with Gasteiger partial charge in [0.2, 0.25) is 6.41 Å². The van der Waals surface area contributed by atoms with Crippen LogP contribution < -0.4 is 30.7 Å². The number of ether oxygens (including phenoxy) is 6. The second kappa shape index (κ2) is 27.2. The first-order valence-electron chi connectivity index (χ1n) is 16.4. The average Bonchev–Trinajstić information content (AvgIpc) is 3.07. The number of hydrogen-bond acceptors (Lipinski definition) is 11. The molecule has 0 aliphatic carbocycles. The molecule has 2 unspecified atom stereocenters. The fourth-order valence-electron chi connectivity index (χ4n) is 4.45. The average molecular weight is 793 g/mol. The highest BCUT2D eigenvalue weighted by Crippen LogP contribution is 2.24. The quantitative estimate of drug-likeness (QED) is 0.0449. The molecule has 302 valence electrons. The van der Waals surface area contributed by atoms with Crippen LogP contribution in [0.25, 0.3) is 0 Å². The highest BCUT2D eigenvalue weighted by Gasteiger charge is 2.31. The molecule has 0 radical (unpaired) electrons. The first kappa shape index (κ1) is 47.6. The van der Waals surface area contributed by atoms with Crippen molar-refractivity contribution in [1.82, 2.24) is 21.3 Å². The predicted octanol–water partition coefficient (Wildman–Crippen LogP) is 3.09. The smallest absolute Gasteiger partial charge is 0.479 e. The molecule has 0 aliphatic rings. The normalized spacial score (nSPS) is 12.8. The number of carboxylic acids is 1. The van der Waals surface area contributed by atoms with Gasteiger partial charge in [0.1, 0.15) is 11.5 Å². The van der Waals surface area contributed by atoms with Gasteiger partial charge in [0.05, 0.1) is 45.7 Å². The van der Waals surface area contributed by atoms with Crippen molar-refractivity contribution in [1.29, 1.82) is 0 Å². The lowest BCUT2D eigenvalue weighted by atomic mass is 10.1. The van der Waals surface area contributed by atoms with Crippen LogP contribution >= 0.6 is 12.4 Å². The van der Waals surface area contributed by atoms with E-state index in [-0.39, 0.29) is 37.3 Å². The number of aliphatic carboxylic acids is 1. The summed E-state index contributed by atoms with van der Waals surface area (Å²) in [5.74, 6) is -1.92. The van der Waals surface area contributed by atoms with Gasteiger partial charge < -0.3 is 54.8 Å². The molecule has 0 fully saturated rings. The van der Waals surface area contributed by atoms with Gasteiger partial charge in [-0.1, -0.05) is 24.3 Å². The minimum atomic E-state index is -4.82. The first-order valence-corrected chi connectivity index (χ1v) is 16.4. The number of benzene rings is 2. The van der Waals surface area contributed by atoms with Crippen LogP contribution in [-0.4, -0.2) is 128 Å². The Morgan fingerprint density at radius 1 is 0.642 bits per heavy atom. The van der Waals surface area contributed by atoms with Crippen molar-refractivity contribution in [3.63, 3.8) is 0 Å². The summed E-state index contributed by atoms with van der Waals surface area (Å²) in [6.45, 7) is 5.38. The summed E-state index contributed by atoms with van der Waals surface area (Å²) < 4.78 is 105. The molecule has 0 aromatic heterocycles. The Hall–Kier alpha value is -3.43. The Bertz CT molecular complexity index is 1250. The maximum absolute atomic E-state index is 12.5. The third-order valence-corrected chi connectivity index (χ3v) is 6.82. The molecule has 2 aromatic rings. The summed E-state index contributed by atoms with van der Waals surface area (Å²) >= 11 is 0. The van der Waals surface area contributed by atoms with Crippen LogP contribution in [-0.2, 0) is 41.4 Å². The lowest BCUT2D eigenvalue weighted by Gasteiger charge is -2.19. The fourth-order valence-corrected chi connectivity index (χ4v) is 4.45. The first-order chi connectivity index (χ1) is 24.8. The van der Waals surface area contributed by atoms with E-state index >= 15 is 0 Å². The molecule has 0 saturated heterocycles. The maximum atomic E-state index is 12.5. The van der Waals surface area contributed by atoms with E-state index in [1.807, 2.05) is 0 Å². The van der Waals surface area contributed by atoms with E-state index in [0.29, 0.717) is 97.2 Å². The number of carboxylic acid groups (broad SMARTS) is 1. The second-order valence-electron chi connectivity index (χ2n) is 11.0. The molecule has 0 spiro atoms. The number of alkyl halides is 6. The lowest BCUT2D eigenvalue weighted by Crippen LogP contribution is -2.35. The van der Waals surface area contributed by atoms with Gasteiger partial charge in [-0.15, -0.1) is 38.7 Å². The van der Waals surface area contributed by atoms with Crippen molar-refractivity contribution >= 4 is 24.8 Å². The number of amides is 1. The molecule has 0 saturated carbocycles. The zero-order chi connectivity index (χ0) is 38.1. The molecule has 2 atom stereocenters. The predicted molar refractivity (Wildman–Crippen MR) is 182 cm³/mol. The Kier molecular flexibility index (Phi) is 24.4. The highest BCUT2D eigenvalue weighted by atomic mass is 35.5. The van der Waals surface area contributed by atoms with Crippen LogP contribution in [0.5, 0.6) is 11.5 Å². The van der Waals surface area contributed by atoms with Crippen molar-refractivity contribution in [3.05, 3.63) is 59.7 Å². The zero-order valence-corrected chi connectivity index (χ0v) is 29.7. The van der Waals surface area contributed by atoms with Crippen LogP contribution in [0.2, 0.25) is 0 Å². The summed E-state index contributed by atoms with van der Waals surface area (Å²) in [4.78, 5) is 21.8. The molecule has 2 rings (SSSR count). The Balaban J connectivity index is 0.0000140. The molecule has 0 bridgehead atoms. The van der Waals surface area contributed by atoms with Crippen molar-refractivity contribution in [3.8, 4) is 11.5 Å². The summed E-state index contributed by atoms with van der Waals surface area (Å²) in [6.07, 6.45) is -10.1. The van der Waals surface area contributed by atoms with E-state index in [0.717, 1.165) is 17.7 Å². The van der Waals surface area contributed by atoms with Gasteiger partial charge in [-0.05, 0) is 41.8 Å². The fraction of sp³-hybridized carbons (Fsp3) is 0.576. The molecule has 13 nitrogen and oxygen atoms in total. The van der Waals surface area contributed by atoms with Crippen LogP contribution in [0, 0.1) is 0 Å². The van der Waals surface area contributed by atoms with Crippen molar-refractivity contribution in [2.45, 2.75) is 37.8 Å². The molecule has 53 heavy (non-hydrogen) atoms. The van der Waals surface area contributed by atoms with E-state index in [9.17, 15) is 41.0 Å². The molecule has 20 heteroatoms. The van der Waals surface area contributed by atoms with Crippen LogP contribution in [0.4, 0.5) is 26.3 Å². The van der Waals surface area contributed by atoms with Gasteiger partial charge in [-0.2, -0.15) is 0 Å². The largest absolute Gasteiger partial charge is 0.573 e. The third-order valence-electron chi connectivity index (χ3n) is 6.82. The number of hydrogen-bond donors (Lipinski definition) is 5. The topological polar surface area (TPSA) is 158 Å². The van der Waals surface area contributed by atoms with E-state index in [4.69, 9.17) is 18.9 Å². The summed E-state index contributed by atoms with van der Waals surface area (Å²) in [6, 6.07) is 10.5. The van der Waals surface area contributed by atoms with Crippen molar-refractivity contribution < 1.29 is 69.5 Å². The molecular formula is C33H47ClF6N4O9. The summed E-state index contributed by atoms with van der Waals surface area (Å²) in [7, 11) is 0. The number of rotatable bonds is 30. The van der Waals surface area contributed by atoms with Gasteiger partial charge in [-0.25, -0.2) is 4.79 Å². The van der Waals surface area contributed by atoms with Gasteiger partial charge in [0, 0.05) is 52.2 Å². The summed E-state index contributed by atoms with van der Waals surface area (Å²) in [5.41, 5.74) is 1.24. The van der Waals surface area contributed by atoms with Crippen molar-refractivity contribution in [2.75, 3.05) is 85.5 Å². The van der Waals surface area contributed by atoms with Gasteiger partial charge in [-0.3, -0.25) is 4.79 Å². The van der Waals surface area contributed by atoms with Crippen LogP contribution in [0.3, 0.4) is 0 Å².